The molecule has 2 heterocycles. The van der Waals surface area contributed by atoms with E-state index < -0.39 is 0 Å². The van der Waals surface area contributed by atoms with E-state index in [1.807, 2.05) is 0 Å². The Hall–Kier alpha value is -1.62. The second kappa shape index (κ2) is 5.40. The van der Waals surface area contributed by atoms with Gasteiger partial charge in [-0.3, -0.25) is 4.57 Å². The summed E-state index contributed by atoms with van der Waals surface area (Å²) in [5, 5.41) is 0. The first kappa shape index (κ1) is 13.4. The van der Waals surface area contributed by atoms with Crippen LogP contribution in [0.1, 0.15) is 19.8 Å². The average molecular weight is 277 g/mol. The van der Waals surface area contributed by atoms with Crippen LogP contribution in [-0.4, -0.2) is 34.1 Å². The zero-order valence-corrected chi connectivity index (χ0v) is 11.7. The van der Waals surface area contributed by atoms with Gasteiger partial charge in [0, 0.05) is 6.54 Å². The van der Waals surface area contributed by atoms with E-state index in [1.165, 1.54) is 6.07 Å². The highest BCUT2D eigenvalue weighted by molar-refractivity contribution is 5.75. The molecule has 0 saturated carbocycles. The van der Waals surface area contributed by atoms with Crippen molar-refractivity contribution < 1.29 is 4.39 Å². The zero-order chi connectivity index (χ0) is 14.1. The van der Waals surface area contributed by atoms with Crippen LogP contribution in [0, 0.1) is 11.7 Å². The van der Waals surface area contributed by atoms with E-state index in [1.54, 1.807) is 16.7 Å². The van der Waals surface area contributed by atoms with Gasteiger partial charge < -0.3 is 9.88 Å². The maximum absolute atomic E-state index is 13.9. The van der Waals surface area contributed by atoms with Gasteiger partial charge in [-0.1, -0.05) is 13.0 Å². The summed E-state index contributed by atoms with van der Waals surface area (Å²) < 4.78 is 15.5. The topological polar surface area (TPSA) is 41.0 Å². The van der Waals surface area contributed by atoms with Crippen molar-refractivity contribution in [3.8, 4) is 0 Å². The summed E-state index contributed by atoms with van der Waals surface area (Å²) >= 11 is 0. The smallest absolute Gasteiger partial charge is 0.305 e. The van der Waals surface area contributed by atoms with Gasteiger partial charge in [-0.05, 0) is 50.5 Å². The van der Waals surface area contributed by atoms with E-state index in [9.17, 15) is 9.18 Å². The molecule has 0 amide bonds. The monoisotopic (exact) mass is 277 g/mol. The largest absolute Gasteiger partial charge is 0.326 e. The van der Waals surface area contributed by atoms with Gasteiger partial charge in [0.1, 0.15) is 11.3 Å². The van der Waals surface area contributed by atoms with Crippen LogP contribution in [0.4, 0.5) is 4.39 Å². The third kappa shape index (κ3) is 2.38. The molecule has 0 radical (unpaired) electrons. The molecule has 0 bridgehead atoms. The van der Waals surface area contributed by atoms with Gasteiger partial charge in [-0.2, -0.15) is 0 Å². The first-order chi connectivity index (χ1) is 9.69. The Bertz CT molecular complexity index is 653. The molecule has 0 spiro atoms. The summed E-state index contributed by atoms with van der Waals surface area (Å²) in [5.41, 5.74) is 0.791. The molecule has 1 aromatic carbocycles. The minimum absolute atomic E-state index is 0.206. The van der Waals surface area contributed by atoms with E-state index in [-0.39, 0.29) is 11.5 Å². The summed E-state index contributed by atoms with van der Waals surface area (Å²) in [5.74, 6) is 0.126. The van der Waals surface area contributed by atoms with E-state index in [0.29, 0.717) is 23.5 Å². The van der Waals surface area contributed by atoms with Gasteiger partial charge in [0.2, 0.25) is 0 Å². The van der Waals surface area contributed by atoms with Crippen molar-refractivity contribution in [1.29, 1.82) is 0 Å². The van der Waals surface area contributed by atoms with Crippen molar-refractivity contribution in [3.63, 3.8) is 0 Å². The third-order valence-corrected chi connectivity index (χ3v) is 4.34. The number of aromatic amines is 1. The number of piperidine rings is 1. The molecule has 3 rings (SSSR count). The zero-order valence-electron chi connectivity index (χ0n) is 11.7. The molecule has 1 N–H and O–H groups in total. The van der Waals surface area contributed by atoms with Crippen LogP contribution in [0.2, 0.25) is 0 Å². The maximum atomic E-state index is 13.9. The molecule has 108 valence electrons. The van der Waals surface area contributed by atoms with E-state index in [2.05, 4.69) is 16.8 Å². The Kier molecular flexibility index (Phi) is 3.61. The first-order valence-electron chi connectivity index (χ1n) is 7.28. The molecular formula is C15H20FN3O. The molecule has 1 aliphatic rings. The molecule has 0 unspecified atom stereocenters. The van der Waals surface area contributed by atoms with Gasteiger partial charge >= 0.3 is 5.69 Å². The number of nitrogens with zero attached hydrogens (tertiary/aromatic N) is 2. The van der Waals surface area contributed by atoms with Crippen molar-refractivity contribution in [1.82, 2.24) is 14.5 Å². The van der Waals surface area contributed by atoms with Crippen molar-refractivity contribution in [3.05, 3.63) is 34.5 Å². The standard InChI is InChI=1S/C15H20FN3O/c1-2-18-8-6-11(7-9-18)10-19-14-12(16)4-3-5-13(14)17-15(19)20/h3-5,11H,2,6-10H2,1H3,(H,17,20). The second-order valence-corrected chi connectivity index (χ2v) is 5.55. The molecule has 4 nitrogen and oxygen atoms in total. The lowest BCUT2D eigenvalue weighted by atomic mass is 9.96. The number of aromatic nitrogens is 2. The first-order valence-corrected chi connectivity index (χ1v) is 7.28. The fraction of sp³-hybridized carbons (Fsp3) is 0.533. The lowest BCUT2D eigenvalue weighted by Gasteiger charge is -2.31. The minimum Gasteiger partial charge on any atom is -0.305 e. The van der Waals surface area contributed by atoms with Gasteiger partial charge in [0.15, 0.2) is 0 Å². The van der Waals surface area contributed by atoms with E-state index in [0.717, 1.165) is 32.5 Å². The van der Waals surface area contributed by atoms with Gasteiger partial charge in [-0.25, -0.2) is 9.18 Å². The Morgan fingerprint density at radius 2 is 2.10 bits per heavy atom. The van der Waals surface area contributed by atoms with Crippen LogP contribution >= 0.6 is 0 Å². The van der Waals surface area contributed by atoms with Crippen molar-refractivity contribution >= 4 is 11.0 Å². The van der Waals surface area contributed by atoms with E-state index in [4.69, 9.17) is 0 Å². The normalized spacial score (nSPS) is 17.9. The number of rotatable bonds is 3. The lowest BCUT2D eigenvalue weighted by Crippen LogP contribution is -2.35. The van der Waals surface area contributed by atoms with Crippen LogP contribution in [0.15, 0.2) is 23.0 Å². The van der Waals surface area contributed by atoms with Crippen LogP contribution in [-0.2, 0) is 6.54 Å². The van der Waals surface area contributed by atoms with Gasteiger partial charge in [0.05, 0.1) is 5.52 Å². The summed E-state index contributed by atoms with van der Waals surface area (Å²) in [6, 6.07) is 4.78. The third-order valence-electron chi connectivity index (χ3n) is 4.34. The minimum atomic E-state index is -0.327. The van der Waals surface area contributed by atoms with Crippen molar-refractivity contribution in [2.75, 3.05) is 19.6 Å². The number of hydrogen-bond donors (Lipinski definition) is 1. The van der Waals surface area contributed by atoms with Crippen molar-refractivity contribution in [2.24, 2.45) is 5.92 Å². The fourth-order valence-corrected chi connectivity index (χ4v) is 3.09. The maximum Gasteiger partial charge on any atom is 0.326 e. The second-order valence-electron chi connectivity index (χ2n) is 5.55. The quantitative estimate of drug-likeness (QED) is 0.934. The molecule has 0 atom stereocenters. The number of likely N-dealkylation sites (tertiary alicyclic amines) is 1. The number of nitrogens with one attached hydrogen (secondary N) is 1. The molecule has 20 heavy (non-hydrogen) atoms. The predicted molar refractivity (Wildman–Crippen MR) is 77.4 cm³/mol. The molecular weight excluding hydrogens is 257 g/mol. The van der Waals surface area contributed by atoms with Crippen LogP contribution in [0.3, 0.4) is 0 Å². The van der Waals surface area contributed by atoms with Gasteiger partial charge in [0.25, 0.3) is 0 Å². The number of para-hydroxylation sites is 1. The Morgan fingerprint density at radius 1 is 1.35 bits per heavy atom. The highest BCUT2D eigenvalue weighted by Gasteiger charge is 2.21. The summed E-state index contributed by atoms with van der Waals surface area (Å²) in [6.07, 6.45) is 2.14. The van der Waals surface area contributed by atoms with Crippen molar-refractivity contribution in [2.45, 2.75) is 26.3 Å². The number of imidazole rings is 1. The summed E-state index contributed by atoms with van der Waals surface area (Å²) in [6.45, 7) is 5.99. The molecule has 1 saturated heterocycles. The highest BCUT2D eigenvalue weighted by Crippen LogP contribution is 2.21. The van der Waals surface area contributed by atoms with Gasteiger partial charge in [-0.15, -0.1) is 0 Å². The number of hydrogen-bond acceptors (Lipinski definition) is 2. The van der Waals surface area contributed by atoms with Crippen LogP contribution in [0.25, 0.3) is 11.0 Å². The average Bonchev–Trinajstić information content (AvgIpc) is 2.77. The molecule has 1 fully saturated rings. The Labute approximate surface area is 117 Å². The number of halogens is 1. The summed E-state index contributed by atoms with van der Waals surface area (Å²) in [7, 11) is 0. The lowest BCUT2D eigenvalue weighted by molar-refractivity contribution is 0.181. The SMILES string of the molecule is CCN1CCC(Cn2c(=O)[nH]c3cccc(F)c32)CC1. The van der Waals surface area contributed by atoms with Crippen LogP contribution < -0.4 is 5.69 Å². The molecule has 2 aromatic rings. The van der Waals surface area contributed by atoms with E-state index >= 15 is 0 Å². The molecule has 1 aliphatic heterocycles. The highest BCUT2D eigenvalue weighted by atomic mass is 19.1. The molecule has 0 aliphatic carbocycles. The molecule has 5 heteroatoms. The summed E-state index contributed by atoms with van der Waals surface area (Å²) in [4.78, 5) is 17.2. The van der Waals surface area contributed by atoms with Crippen LogP contribution in [0.5, 0.6) is 0 Å². The number of fused-ring (bicyclic) bond motifs is 1. The Balaban J connectivity index is 1.85. The Morgan fingerprint density at radius 3 is 2.80 bits per heavy atom. The number of benzene rings is 1. The number of H-pyrrole nitrogens is 1. The predicted octanol–water partition coefficient (Wildman–Crippen LogP) is 2.20. The fourth-order valence-electron chi connectivity index (χ4n) is 3.09. The molecule has 1 aromatic heterocycles.